The summed E-state index contributed by atoms with van der Waals surface area (Å²) in [6.45, 7) is 1.50. The maximum Gasteiger partial charge on any atom is 0.238 e. The minimum Gasteiger partial charge on any atom is -0.297 e. The highest BCUT2D eigenvalue weighted by Crippen LogP contribution is 2.06. The van der Waals surface area contributed by atoms with Gasteiger partial charge in [-0.3, -0.25) is 4.99 Å². The lowest BCUT2D eigenvalue weighted by molar-refractivity contribution is 0.605. The Morgan fingerprint density at radius 3 is 2.45 bits per heavy atom. The van der Waals surface area contributed by atoms with Crippen molar-refractivity contribution in [2.45, 2.75) is 12.2 Å². The van der Waals surface area contributed by atoms with Gasteiger partial charge in [-0.15, -0.1) is 0 Å². The Morgan fingerprint density at radius 2 is 2.09 bits per heavy atom. The summed E-state index contributed by atoms with van der Waals surface area (Å²) in [7, 11) is 3.18. The summed E-state index contributed by atoms with van der Waals surface area (Å²) in [6, 6.07) is 0. The molecule has 1 unspecified atom stereocenters. The summed E-state index contributed by atoms with van der Waals surface area (Å²) < 4.78 is 21.2. The standard InChI is InChI=1S/C6H10ClNO2S/c1-6(11(7,9)10)4-3-5-8-2/h3-6H,1-2H3/b4-3-,8-5?. The van der Waals surface area contributed by atoms with E-state index in [1.54, 1.807) is 13.1 Å². The molecule has 0 radical (unpaired) electrons. The smallest absolute Gasteiger partial charge is 0.238 e. The number of rotatable bonds is 3. The third-order valence-corrected chi connectivity index (χ3v) is 2.95. The molecule has 5 heteroatoms. The second-order valence-corrected chi connectivity index (χ2v) is 4.96. The molecule has 0 saturated heterocycles. The zero-order valence-corrected chi connectivity index (χ0v) is 7.93. The first-order valence-electron chi connectivity index (χ1n) is 3.01. The number of hydrogen-bond acceptors (Lipinski definition) is 3. The molecule has 0 fully saturated rings. The molecule has 0 bridgehead atoms. The number of halogens is 1. The zero-order chi connectivity index (χ0) is 8.91. The molecule has 0 N–H and O–H groups in total. The lowest BCUT2D eigenvalue weighted by atomic mass is 10.4. The van der Waals surface area contributed by atoms with Gasteiger partial charge in [-0.05, 0) is 13.0 Å². The third kappa shape index (κ3) is 4.98. The Bertz CT molecular complexity index is 256. The Labute approximate surface area is 71.2 Å². The number of allylic oxidation sites excluding steroid dienone is 1. The first kappa shape index (κ1) is 10.7. The molecule has 0 aliphatic carbocycles. The van der Waals surface area contributed by atoms with Crippen molar-refractivity contribution in [1.82, 2.24) is 0 Å². The van der Waals surface area contributed by atoms with Crippen molar-refractivity contribution < 1.29 is 8.42 Å². The first-order chi connectivity index (χ1) is 4.98. The van der Waals surface area contributed by atoms with Crippen molar-refractivity contribution in [1.29, 1.82) is 0 Å². The Kier molecular flexibility index (Phi) is 4.37. The molecule has 0 aliphatic rings. The van der Waals surface area contributed by atoms with E-state index < -0.39 is 14.3 Å². The quantitative estimate of drug-likeness (QED) is 0.502. The molecule has 64 valence electrons. The van der Waals surface area contributed by atoms with Crippen LogP contribution in [0.15, 0.2) is 17.1 Å². The van der Waals surface area contributed by atoms with E-state index in [1.165, 1.54) is 19.2 Å². The van der Waals surface area contributed by atoms with Crippen LogP contribution in [0.2, 0.25) is 0 Å². The summed E-state index contributed by atoms with van der Waals surface area (Å²) in [6.07, 6.45) is 4.51. The van der Waals surface area contributed by atoms with Crippen LogP contribution in [0, 0.1) is 0 Å². The molecule has 0 amide bonds. The van der Waals surface area contributed by atoms with Gasteiger partial charge in [-0.1, -0.05) is 6.08 Å². The lowest BCUT2D eigenvalue weighted by Gasteiger charge is -1.97. The molecule has 0 aliphatic heterocycles. The maximum absolute atomic E-state index is 10.6. The lowest BCUT2D eigenvalue weighted by Crippen LogP contribution is -2.07. The first-order valence-corrected chi connectivity index (χ1v) is 5.38. The molecular formula is C6H10ClNO2S. The van der Waals surface area contributed by atoms with Crippen molar-refractivity contribution in [2.24, 2.45) is 4.99 Å². The molecular weight excluding hydrogens is 186 g/mol. The van der Waals surface area contributed by atoms with E-state index in [0.717, 1.165) is 0 Å². The summed E-state index contributed by atoms with van der Waals surface area (Å²) >= 11 is 0. The van der Waals surface area contributed by atoms with E-state index in [2.05, 4.69) is 4.99 Å². The second-order valence-electron chi connectivity index (χ2n) is 1.97. The van der Waals surface area contributed by atoms with Crippen molar-refractivity contribution in [3.8, 4) is 0 Å². The Balaban J connectivity index is 4.20. The molecule has 0 spiro atoms. The molecule has 1 atom stereocenters. The van der Waals surface area contributed by atoms with Gasteiger partial charge in [0.05, 0.1) is 5.25 Å². The van der Waals surface area contributed by atoms with Gasteiger partial charge in [0.2, 0.25) is 9.05 Å². The van der Waals surface area contributed by atoms with Crippen LogP contribution < -0.4 is 0 Å². The monoisotopic (exact) mass is 195 g/mol. The third-order valence-electron chi connectivity index (χ3n) is 1.06. The number of nitrogens with zero attached hydrogens (tertiary/aromatic N) is 1. The summed E-state index contributed by atoms with van der Waals surface area (Å²) in [5.74, 6) is 0. The van der Waals surface area contributed by atoms with Gasteiger partial charge in [0.1, 0.15) is 0 Å². The minimum absolute atomic E-state index is 0.665. The zero-order valence-electron chi connectivity index (χ0n) is 6.36. The Morgan fingerprint density at radius 1 is 1.55 bits per heavy atom. The normalized spacial score (nSPS) is 16.3. The molecule has 0 saturated carbocycles. The molecule has 11 heavy (non-hydrogen) atoms. The predicted molar refractivity (Wildman–Crippen MR) is 47.8 cm³/mol. The van der Waals surface area contributed by atoms with Crippen molar-refractivity contribution in [3.05, 3.63) is 12.2 Å². The van der Waals surface area contributed by atoms with Crippen molar-refractivity contribution in [2.75, 3.05) is 7.05 Å². The molecule has 0 heterocycles. The predicted octanol–water partition coefficient (Wildman–Crippen LogP) is 1.20. The van der Waals surface area contributed by atoms with Crippen molar-refractivity contribution in [3.63, 3.8) is 0 Å². The van der Waals surface area contributed by atoms with Gasteiger partial charge in [0.15, 0.2) is 0 Å². The van der Waals surface area contributed by atoms with Gasteiger partial charge in [0, 0.05) is 23.9 Å². The van der Waals surface area contributed by atoms with Gasteiger partial charge < -0.3 is 0 Å². The summed E-state index contributed by atoms with van der Waals surface area (Å²) in [4.78, 5) is 3.64. The topological polar surface area (TPSA) is 46.5 Å². The van der Waals surface area contributed by atoms with E-state index in [9.17, 15) is 8.42 Å². The van der Waals surface area contributed by atoms with Crippen molar-refractivity contribution >= 4 is 25.9 Å². The average Bonchev–Trinajstić information content (AvgIpc) is 1.86. The van der Waals surface area contributed by atoms with Crippen LogP contribution >= 0.6 is 10.7 Å². The van der Waals surface area contributed by atoms with Crippen LogP contribution in [0.1, 0.15) is 6.92 Å². The minimum atomic E-state index is -3.46. The van der Waals surface area contributed by atoms with E-state index in [1.807, 2.05) is 0 Å². The van der Waals surface area contributed by atoms with E-state index in [0.29, 0.717) is 0 Å². The fraction of sp³-hybridized carbons (Fsp3) is 0.500. The second kappa shape index (κ2) is 4.51. The van der Waals surface area contributed by atoms with Crippen LogP contribution in [-0.4, -0.2) is 26.9 Å². The van der Waals surface area contributed by atoms with Gasteiger partial charge in [-0.2, -0.15) is 0 Å². The largest absolute Gasteiger partial charge is 0.297 e. The van der Waals surface area contributed by atoms with E-state index in [4.69, 9.17) is 10.7 Å². The number of aliphatic imine (C=N–C) groups is 1. The van der Waals surface area contributed by atoms with Gasteiger partial charge in [0.25, 0.3) is 0 Å². The van der Waals surface area contributed by atoms with Gasteiger partial charge >= 0.3 is 0 Å². The fourth-order valence-corrected chi connectivity index (χ4v) is 0.843. The SMILES string of the molecule is CN=C/C=C\C(C)S(=O)(=O)Cl. The van der Waals surface area contributed by atoms with Crippen LogP contribution in [-0.2, 0) is 9.05 Å². The fourth-order valence-electron chi connectivity index (χ4n) is 0.386. The number of hydrogen-bond donors (Lipinski definition) is 0. The summed E-state index contributed by atoms with van der Waals surface area (Å²) in [5.41, 5.74) is 0. The Hall–Kier alpha value is -0.350. The maximum atomic E-state index is 10.6. The molecule has 3 nitrogen and oxygen atoms in total. The molecule has 0 rings (SSSR count). The van der Waals surface area contributed by atoms with E-state index in [-0.39, 0.29) is 0 Å². The molecule has 0 aromatic heterocycles. The summed E-state index contributed by atoms with van der Waals surface area (Å²) in [5, 5.41) is -0.665. The van der Waals surface area contributed by atoms with Crippen LogP contribution in [0.3, 0.4) is 0 Å². The highest BCUT2D eigenvalue weighted by Gasteiger charge is 2.12. The van der Waals surface area contributed by atoms with Gasteiger partial charge in [-0.25, -0.2) is 8.42 Å². The molecule has 0 aromatic carbocycles. The highest BCUT2D eigenvalue weighted by molar-refractivity contribution is 8.14. The van der Waals surface area contributed by atoms with Crippen LogP contribution in [0.25, 0.3) is 0 Å². The van der Waals surface area contributed by atoms with E-state index >= 15 is 0 Å². The highest BCUT2D eigenvalue weighted by atomic mass is 35.7. The van der Waals surface area contributed by atoms with Crippen LogP contribution in [0.5, 0.6) is 0 Å². The molecule has 0 aromatic rings. The van der Waals surface area contributed by atoms with Crippen LogP contribution in [0.4, 0.5) is 0 Å². The average molecular weight is 196 g/mol.